The third-order valence-corrected chi connectivity index (χ3v) is 2.50. The molecule has 22 heavy (non-hydrogen) atoms. The van der Waals surface area contributed by atoms with E-state index in [1.165, 1.54) is 19.4 Å². The number of nitrogens with one attached hydrogen (secondary N) is 2. The summed E-state index contributed by atoms with van der Waals surface area (Å²) in [6.45, 7) is 3.76. The van der Waals surface area contributed by atoms with E-state index in [0.29, 0.717) is 17.7 Å². The molecular formula is C15H17N3O4. The predicted octanol–water partition coefficient (Wildman–Crippen LogP) is 0.616. The van der Waals surface area contributed by atoms with Gasteiger partial charge in [-0.1, -0.05) is 18.2 Å². The smallest absolute Gasteiger partial charge is 0.337 e. The molecule has 7 nitrogen and oxygen atoms in total. The first-order chi connectivity index (χ1) is 10.6. The van der Waals surface area contributed by atoms with Gasteiger partial charge in [-0.15, -0.1) is 6.58 Å². The zero-order chi connectivity index (χ0) is 16.4. The van der Waals surface area contributed by atoms with Gasteiger partial charge in [-0.05, 0) is 17.7 Å². The van der Waals surface area contributed by atoms with Crippen LogP contribution < -0.4 is 10.7 Å². The van der Waals surface area contributed by atoms with E-state index in [4.69, 9.17) is 0 Å². The SMILES string of the molecule is C=CCNC(=O)CC(=O)NN=Cc1ccc(C(=O)OC)cc1. The first kappa shape index (κ1) is 17.1. The average molecular weight is 303 g/mol. The monoisotopic (exact) mass is 303 g/mol. The molecule has 0 saturated heterocycles. The summed E-state index contributed by atoms with van der Waals surface area (Å²) < 4.78 is 4.58. The summed E-state index contributed by atoms with van der Waals surface area (Å²) in [6, 6.07) is 6.47. The lowest BCUT2D eigenvalue weighted by Gasteiger charge is -2.01. The summed E-state index contributed by atoms with van der Waals surface area (Å²) in [5.74, 6) is -1.36. The minimum Gasteiger partial charge on any atom is -0.465 e. The van der Waals surface area contributed by atoms with E-state index in [-0.39, 0.29) is 6.42 Å². The fourth-order valence-corrected chi connectivity index (χ4v) is 1.44. The number of hydrogen-bond donors (Lipinski definition) is 2. The van der Waals surface area contributed by atoms with E-state index >= 15 is 0 Å². The number of esters is 1. The third-order valence-electron chi connectivity index (χ3n) is 2.50. The molecule has 0 spiro atoms. The molecule has 0 aromatic heterocycles. The van der Waals surface area contributed by atoms with Crippen molar-refractivity contribution in [2.24, 2.45) is 5.10 Å². The molecule has 0 saturated carbocycles. The van der Waals surface area contributed by atoms with Crippen molar-refractivity contribution in [2.75, 3.05) is 13.7 Å². The highest BCUT2D eigenvalue weighted by atomic mass is 16.5. The van der Waals surface area contributed by atoms with Crippen molar-refractivity contribution >= 4 is 24.0 Å². The second-order valence-electron chi connectivity index (χ2n) is 4.18. The second-order valence-corrected chi connectivity index (χ2v) is 4.18. The molecule has 116 valence electrons. The Morgan fingerprint density at radius 3 is 2.50 bits per heavy atom. The van der Waals surface area contributed by atoms with Crippen LogP contribution in [0.1, 0.15) is 22.3 Å². The van der Waals surface area contributed by atoms with Gasteiger partial charge in [0.1, 0.15) is 6.42 Å². The molecule has 0 heterocycles. The van der Waals surface area contributed by atoms with Crippen LogP contribution >= 0.6 is 0 Å². The van der Waals surface area contributed by atoms with Crippen molar-refractivity contribution in [2.45, 2.75) is 6.42 Å². The lowest BCUT2D eigenvalue weighted by molar-refractivity contribution is -0.129. The lowest BCUT2D eigenvalue weighted by atomic mass is 10.1. The highest BCUT2D eigenvalue weighted by molar-refractivity contribution is 5.97. The maximum Gasteiger partial charge on any atom is 0.337 e. The quantitative estimate of drug-likeness (QED) is 0.254. The molecule has 0 aliphatic rings. The third kappa shape index (κ3) is 6.00. The highest BCUT2D eigenvalue weighted by Gasteiger charge is 2.07. The number of hydrogen-bond acceptors (Lipinski definition) is 5. The fourth-order valence-electron chi connectivity index (χ4n) is 1.44. The maximum absolute atomic E-state index is 11.4. The Kier molecular flexibility index (Phi) is 7.04. The van der Waals surface area contributed by atoms with Gasteiger partial charge in [0.2, 0.25) is 11.8 Å². The van der Waals surface area contributed by atoms with Crippen molar-refractivity contribution in [1.29, 1.82) is 0 Å². The Balaban J connectivity index is 2.45. The topological polar surface area (TPSA) is 96.9 Å². The number of rotatable bonds is 7. The molecule has 1 aromatic carbocycles. The zero-order valence-corrected chi connectivity index (χ0v) is 12.2. The van der Waals surface area contributed by atoms with Gasteiger partial charge in [0.05, 0.1) is 18.9 Å². The van der Waals surface area contributed by atoms with E-state index < -0.39 is 17.8 Å². The Morgan fingerprint density at radius 1 is 1.23 bits per heavy atom. The van der Waals surface area contributed by atoms with E-state index in [9.17, 15) is 14.4 Å². The Hall–Kier alpha value is -2.96. The van der Waals surface area contributed by atoms with Gasteiger partial charge < -0.3 is 10.1 Å². The number of hydrazone groups is 1. The lowest BCUT2D eigenvalue weighted by Crippen LogP contribution is -2.29. The molecule has 1 aromatic rings. The van der Waals surface area contributed by atoms with Crippen molar-refractivity contribution in [3.05, 3.63) is 48.0 Å². The molecule has 0 aliphatic carbocycles. The van der Waals surface area contributed by atoms with E-state index in [2.05, 4.69) is 27.2 Å². The van der Waals surface area contributed by atoms with Crippen molar-refractivity contribution < 1.29 is 19.1 Å². The van der Waals surface area contributed by atoms with E-state index in [1.807, 2.05) is 0 Å². The molecule has 0 atom stereocenters. The number of carbonyl (C=O) groups excluding carboxylic acids is 3. The largest absolute Gasteiger partial charge is 0.465 e. The molecule has 2 amide bonds. The summed E-state index contributed by atoms with van der Waals surface area (Å²) in [7, 11) is 1.30. The first-order valence-electron chi connectivity index (χ1n) is 6.44. The van der Waals surface area contributed by atoms with Gasteiger partial charge in [0, 0.05) is 6.54 Å². The minimum atomic E-state index is -0.524. The molecular weight excluding hydrogens is 286 g/mol. The molecule has 2 N–H and O–H groups in total. The van der Waals surface area contributed by atoms with Crippen LogP contribution in [0.3, 0.4) is 0 Å². The number of carbonyl (C=O) groups is 3. The van der Waals surface area contributed by atoms with Gasteiger partial charge in [-0.25, -0.2) is 10.2 Å². The Labute approximate surface area is 128 Å². The number of benzene rings is 1. The number of amides is 2. The summed E-state index contributed by atoms with van der Waals surface area (Å²) in [4.78, 5) is 33.9. The second kappa shape index (κ2) is 9.06. The molecule has 0 aliphatic heterocycles. The first-order valence-corrected chi connectivity index (χ1v) is 6.44. The van der Waals surface area contributed by atoms with Crippen LogP contribution in [0, 0.1) is 0 Å². The van der Waals surface area contributed by atoms with E-state index in [0.717, 1.165) is 0 Å². The van der Waals surface area contributed by atoms with Crippen LogP contribution in [0.15, 0.2) is 42.0 Å². The molecule has 1 rings (SSSR count). The van der Waals surface area contributed by atoms with Crippen LogP contribution in [-0.2, 0) is 14.3 Å². The minimum absolute atomic E-state index is 0.307. The van der Waals surface area contributed by atoms with Crippen LogP contribution in [0.25, 0.3) is 0 Å². The van der Waals surface area contributed by atoms with Gasteiger partial charge in [0.15, 0.2) is 0 Å². The molecule has 0 fully saturated rings. The summed E-state index contributed by atoms with van der Waals surface area (Å²) in [5, 5.41) is 6.21. The number of ether oxygens (including phenoxy) is 1. The zero-order valence-electron chi connectivity index (χ0n) is 12.2. The standard InChI is InChI=1S/C15H17N3O4/c1-3-8-16-13(19)9-14(20)18-17-10-11-4-6-12(7-5-11)15(21)22-2/h3-7,10H,1,8-9H2,2H3,(H,16,19)(H,18,20). The number of nitrogens with zero attached hydrogens (tertiary/aromatic N) is 1. The van der Waals surface area contributed by atoms with Crippen LogP contribution in [0.5, 0.6) is 0 Å². The van der Waals surface area contributed by atoms with Crippen LogP contribution in [0.4, 0.5) is 0 Å². The van der Waals surface area contributed by atoms with Crippen molar-refractivity contribution in [3.8, 4) is 0 Å². The molecule has 0 unspecified atom stereocenters. The van der Waals surface area contributed by atoms with E-state index in [1.54, 1.807) is 24.3 Å². The van der Waals surface area contributed by atoms with Gasteiger partial charge in [-0.2, -0.15) is 5.10 Å². The summed E-state index contributed by atoms with van der Waals surface area (Å²) in [5.41, 5.74) is 3.34. The van der Waals surface area contributed by atoms with Crippen LogP contribution in [0.2, 0.25) is 0 Å². The van der Waals surface area contributed by atoms with Crippen molar-refractivity contribution in [1.82, 2.24) is 10.7 Å². The Morgan fingerprint density at radius 2 is 1.91 bits per heavy atom. The highest BCUT2D eigenvalue weighted by Crippen LogP contribution is 2.03. The molecule has 0 bridgehead atoms. The van der Waals surface area contributed by atoms with Gasteiger partial charge in [-0.3, -0.25) is 9.59 Å². The van der Waals surface area contributed by atoms with Gasteiger partial charge >= 0.3 is 5.97 Å². The average Bonchev–Trinajstić information content (AvgIpc) is 2.52. The maximum atomic E-state index is 11.4. The fraction of sp³-hybridized carbons (Fsp3) is 0.200. The normalized spacial score (nSPS) is 10.0. The number of methoxy groups -OCH3 is 1. The summed E-state index contributed by atoms with van der Waals surface area (Å²) in [6.07, 6.45) is 2.61. The van der Waals surface area contributed by atoms with Crippen LogP contribution in [-0.4, -0.2) is 37.7 Å². The molecule has 0 radical (unpaired) electrons. The Bertz CT molecular complexity index is 579. The predicted molar refractivity (Wildman–Crippen MR) is 81.3 cm³/mol. The van der Waals surface area contributed by atoms with Crippen molar-refractivity contribution in [3.63, 3.8) is 0 Å². The van der Waals surface area contributed by atoms with Gasteiger partial charge in [0.25, 0.3) is 0 Å². The summed E-state index contributed by atoms with van der Waals surface area (Å²) >= 11 is 0. The molecule has 7 heteroatoms.